The van der Waals surface area contributed by atoms with Crippen molar-refractivity contribution in [2.75, 3.05) is 5.73 Å². The predicted octanol–water partition coefficient (Wildman–Crippen LogP) is 3.22. The summed E-state index contributed by atoms with van der Waals surface area (Å²) in [4.78, 5) is 5.41. The summed E-state index contributed by atoms with van der Waals surface area (Å²) in [5.74, 6) is 0.627. The van der Waals surface area contributed by atoms with Crippen LogP contribution in [0.25, 0.3) is 26.8 Å². The van der Waals surface area contributed by atoms with Gasteiger partial charge in [-0.3, -0.25) is 0 Å². The number of para-hydroxylation sites is 1. The van der Waals surface area contributed by atoms with Crippen molar-refractivity contribution in [1.82, 2.24) is 14.8 Å². The molecule has 19 heavy (non-hydrogen) atoms. The van der Waals surface area contributed by atoms with Gasteiger partial charge in [0, 0.05) is 11.6 Å². The highest BCUT2D eigenvalue weighted by atomic mass is 32.1. The standard InChI is InChI=1S/C14H10N4S/c15-13-11-8-16-14-10(6-7-19-14)12(11)17-18(13)9-4-2-1-3-5-9/h1-8H,15H2. The molecule has 0 aliphatic rings. The topological polar surface area (TPSA) is 56.7 Å². The average molecular weight is 266 g/mol. The summed E-state index contributed by atoms with van der Waals surface area (Å²) < 4.78 is 1.77. The zero-order valence-electron chi connectivity index (χ0n) is 9.95. The van der Waals surface area contributed by atoms with Gasteiger partial charge in [0.15, 0.2) is 0 Å². The zero-order valence-corrected chi connectivity index (χ0v) is 10.8. The molecule has 0 unspecified atom stereocenters. The molecule has 0 saturated heterocycles. The Balaban J connectivity index is 2.10. The number of aromatic nitrogens is 3. The molecule has 5 heteroatoms. The van der Waals surface area contributed by atoms with Crippen molar-refractivity contribution in [3.05, 3.63) is 48.0 Å². The van der Waals surface area contributed by atoms with Gasteiger partial charge in [-0.25, -0.2) is 9.67 Å². The number of pyridine rings is 1. The molecule has 4 aromatic rings. The van der Waals surface area contributed by atoms with Crippen LogP contribution in [0.3, 0.4) is 0 Å². The van der Waals surface area contributed by atoms with Crippen molar-refractivity contribution in [3.63, 3.8) is 0 Å². The molecule has 0 saturated carbocycles. The molecule has 0 fully saturated rings. The van der Waals surface area contributed by atoms with Crippen LogP contribution in [0.2, 0.25) is 0 Å². The van der Waals surface area contributed by atoms with E-state index >= 15 is 0 Å². The van der Waals surface area contributed by atoms with Gasteiger partial charge in [0.25, 0.3) is 0 Å². The van der Waals surface area contributed by atoms with E-state index in [0.717, 1.165) is 26.8 Å². The van der Waals surface area contributed by atoms with Gasteiger partial charge in [0.1, 0.15) is 16.2 Å². The summed E-state index contributed by atoms with van der Waals surface area (Å²) in [6, 6.07) is 11.9. The monoisotopic (exact) mass is 266 g/mol. The van der Waals surface area contributed by atoms with E-state index < -0.39 is 0 Å². The van der Waals surface area contributed by atoms with E-state index in [1.165, 1.54) is 0 Å². The second-order valence-corrected chi connectivity index (χ2v) is 5.19. The number of rotatable bonds is 1. The summed E-state index contributed by atoms with van der Waals surface area (Å²) in [6.45, 7) is 0. The Kier molecular flexibility index (Phi) is 2.10. The van der Waals surface area contributed by atoms with E-state index in [2.05, 4.69) is 10.1 Å². The third kappa shape index (κ3) is 1.45. The summed E-state index contributed by atoms with van der Waals surface area (Å²) in [5, 5.41) is 8.62. The molecule has 3 aromatic heterocycles. The number of nitrogens with zero attached hydrogens (tertiary/aromatic N) is 3. The van der Waals surface area contributed by atoms with Crippen LogP contribution in [0, 0.1) is 0 Å². The van der Waals surface area contributed by atoms with Gasteiger partial charge in [-0.15, -0.1) is 11.3 Å². The molecular weight excluding hydrogens is 256 g/mol. The Bertz CT molecular complexity index is 876. The van der Waals surface area contributed by atoms with Crippen LogP contribution in [0.15, 0.2) is 48.0 Å². The van der Waals surface area contributed by atoms with Crippen LogP contribution in [0.4, 0.5) is 5.82 Å². The van der Waals surface area contributed by atoms with Crippen molar-refractivity contribution in [1.29, 1.82) is 0 Å². The number of anilines is 1. The van der Waals surface area contributed by atoms with Crippen LogP contribution in [-0.4, -0.2) is 14.8 Å². The molecule has 3 heterocycles. The molecule has 0 aliphatic heterocycles. The third-order valence-corrected chi connectivity index (χ3v) is 3.99. The summed E-state index contributed by atoms with van der Waals surface area (Å²) in [7, 11) is 0. The summed E-state index contributed by atoms with van der Waals surface area (Å²) in [5.41, 5.74) is 8.06. The van der Waals surface area contributed by atoms with Gasteiger partial charge in [0.2, 0.25) is 0 Å². The van der Waals surface area contributed by atoms with E-state index in [9.17, 15) is 0 Å². The quantitative estimate of drug-likeness (QED) is 0.575. The lowest BCUT2D eigenvalue weighted by atomic mass is 10.2. The van der Waals surface area contributed by atoms with E-state index in [1.807, 2.05) is 41.8 Å². The molecule has 0 amide bonds. The molecule has 92 valence electrons. The van der Waals surface area contributed by atoms with Gasteiger partial charge in [-0.2, -0.15) is 5.10 Å². The lowest BCUT2D eigenvalue weighted by Gasteiger charge is -2.02. The van der Waals surface area contributed by atoms with E-state index in [-0.39, 0.29) is 0 Å². The molecule has 0 atom stereocenters. The fraction of sp³-hybridized carbons (Fsp3) is 0. The predicted molar refractivity (Wildman–Crippen MR) is 78.7 cm³/mol. The zero-order chi connectivity index (χ0) is 12.8. The van der Waals surface area contributed by atoms with Gasteiger partial charge in [-0.05, 0) is 23.6 Å². The smallest absolute Gasteiger partial charge is 0.136 e. The highest BCUT2D eigenvalue weighted by Gasteiger charge is 2.13. The van der Waals surface area contributed by atoms with E-state index in [4.69, 9.17) is 5.73 Å². The Morgan fingerprint density at radius 2 is 1.89 bits per heavy atom. The second-order valence-electron chi connectivity index (χ2n) is 4.29. The first-order valence-corrected chi connectivity index (χ1v) is 6.78. The van der Waals surface area contributed by atoms with Crippen molar-refractivity contribution in [2.45, 2.75) is 0 Å². The maximum absolute atomic E-state index is 6.19. The summed E-state index contributed by atoms with van der Waals surface area (Å²) in [6.07, 6.45) is 1.80. The molecule has 0 bridgehead atoms. The number of nitrogen functional groups attached to an aromatic ring is 1. The van der Waals surface area contributed by atoms with Crippen LogP contribution in [0.5, 0.6) is 0 Å². The van der Waals surface area contributed by atoms with Gasteiger partial charge >= 0.3 is 0 Å². The normalized spacial score (nSPS) is 11.4. The first-order valence-electron chi connectivity index (χ1n) is 5.90. The van der Waals surface area contributed by atoms with Crippen molar-refractivity contribution < 1.29 is 0 Å². The number of hydrogen-bond acceptors (Lipinski definition) is 4. The molecular formula is C14H10N4S. The van der Waals surface area contributed by atoms with Crippen LogP contribution >= 0.6 is 11.3 Å². The minimum absolute atomic E-state index is 0.627. The maximum atomic E-state index is 6.19. The lowest BCUT2D eigenvalue weighted by Crippen LogP contribution is -2.01. The number of hydrogen-bond donors (Lipinski definition) is 1. The number of fused-ring (bicyclic) bond motifs is 3. The largest absolute Gasteiger partial charge is 0.383 e. The molecule has 2 N–H and O–H groups in total. The molecule has 0 aliphatic carbocycles. The van der Waals surface area contributed by atoms with Gasteiger partial charge in [0.05, 0.1) is 11.1 Å². The number of benzene rings is 1. The Morgan fingerprint density at radius 1 is 1.05 bits per heavy atom. The van der Waals surface area contributed by atoms with Gasteiger partial charge in [-0.1, -0.05) is 18.2 Å². The van der Waals surface area contributed by atoms with Crippen molar-refractivity contribution in [3.8, 4) is 5.69 Å². The fourth-order valence-electron chi connectivity index (χ4n) is 2.24. The number of nitrogens with two attached hydrogens (primary N) is 1. The average Bonchev–Trinajstić information content (AvgIpc) is 3.04. The highest BCUT2D eigenvalue weighted by Crippen LogP contribution is 2.30. The first kappa shape index (κ1) is 10.5. The van der Waals surface area contributed by atoms with E-state index in [1.54, 1.807) is 22.2 Å². The lowest BCUT2D eigenvalue weighted by molar-refractivity contribution is 0.909. The molecule has 4 nitrogen and oxygen atoms in total. The van der Waals surface area contributed by atoms with Crippen LogP contribution in [0.1, 0.15) is 0 Å². The molecule has 0 spiro atoms. The molecule has 1 aromatic carbocycles. The van der Waals surface area contributed by atoms with Crippen LogP contribution in [-0.2, 0) is 0 Å². The Hall–Kier alpha value is -2.40. The Morgan fingerprint density at radius 3 is 2.74 bits per heavy atom. The Labute approximate surface area is 113 Å². The minimum atomic E-state index is 0.627. The third-order valence-electron chi connectivity index (χ3n) is 3.17. The van der Waals surface area contributed by atoms with Crippen molar-refractivity contribution in [2.24, 2.45) is 0 Å². The van der Waals surface area contributed by atoms with Crippen molar-refractivity contribution >= 4 is 38.3 Å². The number of thiophene rings is 1. The maximum Gasteiger partial charge on any atom is 0.136 e. The van der Waals surface area contributed by atoms with E-state index in [0.29, 0.717) is 5.82 Å². The first-order chi connectivity index (χ1) is 9.34. The van der Waals surface area contributed by atoms with Gasteiger partial charge < -0.3 is 5.73 Å². The molecule has 0 radical (unpaired) electrons. The molecule has 4 rings (SSSR count). The van der Waals surface area contributed by atoms with Crippen LogP contribution < -0.4 is 5.73 Å². The highest BCUT2D eigenvalue weighted by molar-refractivity contribution is 7.16. The second kappa shape index (κ2) is 3.80. The SMILES string of the molecule is Nc1c2cnc3sccc3c2nn1-c1ccccc1. The fourth-order valence-corrected chi connectivity index (χ4v) is 2.98. The minimum Gasteiger partial charge on any atom is -0.383 e. The summed E-state index contributed by atoms with van der Waals surface area (Å²) >= 11 is 1.61.